The molecule has 0 aliphatic carbocycles. The molecule has 0 radical (unpaired) electrons. The molecule has 0 saturated carbocycles. The number of benzene rings is 1. The van der Waals surface area contributed by atoms with Crippen LogP contribution < -0.4 is 5.32 Å². The molecule has 0 spiro atoms. The zero-order valence-corrected chi connectivity index (χ0v) is 11.2. The fourth-order valence-corrected chi connectivity index (χ4v) is 1.61. The van der Waals surface area contributed by atoms with Gasteiger partial charge in [0.05, 0.1) is 6.07 Å². The number of carbonyl (C=O) groups excluding carboxylic acids is 1. The summed E-state index contributed by atoms with van der Waals surface area (Å²) in [5, 5.41) is 11.6. The van der Waals surface area contributed by atoms with Gasteiger partial charge in [-0.1, -0.05) is 43.7 Å². The SMILES string of the molecule is Cc1ccc(CCC(=O)NC(C#N)C(C)C)cc1. The van der Waals surface area contributed by atoms with Crippen molar-refractivity contribution in [1.29, 1.82) is 5.26 Å². The summed E-state index contributed by atoms with van der Waals surface area (Å²) in [7, 11) is 0. The standard InChI is InChI=1S/C15H20N2O/c1-11(2)14(10-16)17-15(18)9-8-13-6-4-12(3)5-7-13/h4-7,11,14H,8-9H2,1-3H3,(H,17,18). The largest absolute Gasteiger partial charge is 0.340 e. The molecule has 1 atom stereocenters. The minimum Gasteiger partial charge on any atom is -0.340 e. The third-order valence-corrected chi connectivity index (χ3v) is 2.88. The highest BCUT2D eigenvalue weighted by atomic mass is 16.1. The Balaban J connectivity index is 2.42. The first-order chi connectivity index (χ1) is 8.52. The number of nitriles is 1. The van der Waals surface area contributed by atoms with E-state index in [4.69, 9.17) is 5.26 Å². The maximum absolute atomic E-state index is 11.7. The van der Waals surface area contributed by atoms with Gasteiger partial charge in [-0.05, 0) is 24.8 Å². The van der Waals surface area contributed by atoms with Gasteiger partial charge >= 0.3 is 0 Å². The fraction of sp³-hybridized carbons (Fsp3) is 0.467. The predicted octanol–water partition coefficient (Wildman–Crippen LogP) is 2.59. The van der Waals surface area contributed by atoms with Crippen molar-refractivity contribution in [2.24, 2.45) is 5.92 Å². The summed E-state index contributed by atoms with van der Waals surface area (Å²) in [6, 6.07) is 9.86. The lowest BCUT2D eigenvalue weighted by Gasteiger charge is -2.14. The summed E-state index contributed by atoms with van der Waals surface area (Å²) in [5.74, 6) is 0.0779. The monoisotopic (exact) mass is 244 g/mol. The minimum atomic E-state index is -0.393. The highest BCUT2D eigenvalue weighted by Crippen LogP contribution is 2.06. The lowest BCUT2D eigenvalue weighted by Crippen LogP contribution is -2.37. The summed E-state index contributed by atoms with van der Waals surface area (Å²) in [4.78, 5) is 11.7. The van der Waals surface area contributed by atoms with Gasteiger partial charge in [0, 0.05) is 6.42 Å². The molecular weight excluding hydrogens is 224 g/mol. The average molecular weight is 244 g/mol. The molecule has 1 aromatic carbocycles. The van der Waals surface area contributed by atoms with Crippen molar-refractivity contribution in [2.75, 3.05) is 0 Å². The van der Waals surface area contributed by atoms with E-state index in [0.29, 0.717) is 12.8 Å². The molecule has 1 aromatic rings. The van der Waals surface area contributed by atoms with E-state index in [2.05, 4.69) is 11.4 Å². The highest BCUT2D eigenvalue weighted by molar-refractivity contribution is 5.76. The first-order valence-corrected chi connectivity index (χ1v) is 6.27. The number of amides is 1. The zero-order chi connectivity index (χ0) is 13.5. The normalized spacial score (nSPS) is 11.9. The quantitative estimate of drug-likeness (QED) is 0.865. The van der Waals surface area contributed by atoms with Gasteiger partial charge < -0.3 is 5.32 Å². The van der Waals surface area contributed by atoms with E-state index in [-0.39, 0.29) is 11.8 Å². The molecule has 0 bridgehead atoms. The Morgan fingerprint density at radius 1 is 1.33 bits per heavy atom. The van der Waals surface area contributed by atoms with Gasteiger partial charge in [0.25, 0.3) is 0 Å². The zero-order valence-electron chi connectivity index (χ0n) is 11.2. The molecule has 0 aliphatic rings. The predicted molar refractivity (Wildman–Crippen MR) is 71.9 cm³/mol. The molecule has 0 aliphatic heterocycles. The molecule has 0 saturated heterocycles. The highest BCUT2D eigenvalue weighted by Gasteiger charge is 2.14. The maximum atomic E-state index is 11.7. The number of nitrogens with zero attached hydrogens (tertiary/aromatic N) is 1. The second kappa shape index (κ2) is 6.80. The molecule has 96 valence electrons. The number of aryl methyl sites for hydroxylation is 2. The van der Waals surface area contributed by atoms with Crippen LogP contribution in [-0.2, 0) is 11.2 Å². The summed E-state index contributed by atoms with van der Waals surface area (Å²) in [6.45, 7) is 5.89. The third-order valence-electron chi connectivity index (χ3n) is 2.88. The van der Waals surface area contributed by atoms with E-state index in [9.17, 15) is 4.79 Å². The Hall–Kier alpha value is -1.82. The number of hydrogen-bond donors (Lipinski definition) is 1. The van der Waals surface area contributed by atoms with E-state index in [1.807, 2.05) is 45.0 Å². The molecule has 0 fully saturated rings. The average Bonchev–Trinajstić information content (AvgIpc) is 2.35. The van der Waals surface area contributed by atoms with Gasteiger partial charge in [-0.3, -0.25) is 4.79 Å². The Labute approximate surface area is 109 Å². The summed E-state index contributed by atoms with van der Waals surface area (Å²) in [5.41, 5.74) is 2.36. The Morgan fingerprint density at radius 3 is 2.44 bits per heavy atom. The summed E-state index contributed by atoms with van der Waals surface area (Å²) in [6.07, 6.45) is 1.14. The smallest absolute Gasteiger partial charge is 0.221 e. The second-order valence-corrected chi connectivity index (χ2v) is 4.90. The first kappa shape index (κ1) is 14.2. The van der Waals surface area contributed by atoms with E-state index in [0.717, 1.165) is 5.56 Å². The number of carbonyl (C=O) groups is 1. The van der Waals surface area contributed by atoms with Crippen LogP contribution in [0.15, 0.2) is 24.3 Å². The number of rotatable bonds is 5. The molecule has 0 aromatic heterocycles. The van der Waals surface area contributed by atoms with Gasteiger partial charge in [-0.25, -0.2) is 0 Å². The van der Waals surface area contributed by atoms with Crippen LogP contribution in [-0.4, -0.2) is 11.9 Å². The second-order valence-electron chi connectivity index (χ2n) is 4.90. The van der Waals surface area contributed by atoms with Crippen molar-refractivity contribution >= 4 is 5.91 Å². The van der Waals surface area contributed by atoms with E-state index < -0.39 is 6.04 Å². The molecule has 3 heteroatoms. The van der Waals surface area contributed by atoms with Crippen LogP contribution in [0.3, 0.4) is 0 Å². The summed E-state index contributed by atoms with van der Waals surface area (Å²) < 4.78 is 0. The van der Waals surface area contributed by atoms with Crippen LogP contribution in [0.1, 0.15) is 31.4 Å². The van der Waals surface area contributed by atoms with Crippen molar-refractivity contribution in [3.63, 3.8) is 0 Å². The number of hydrogen-bond acceptors (Lipinski definition) is 2. The Bertz CT molecular complexity index is 429. The van der Waals surface area contributed by atoms with Gasteiger partial charge in [-0.2, -0.15) is 5.26 Å². The van der Waals surface area contributed by atoms with Gasteiger partial charge in [0.15, 0.2) is 0 Å². The van der Waals surface area contributed by atoms with E-state index in [1.165, 1.54) is 5.56 Å². The van der Waals surface area contributed by atoms with Gasteiger partial charge in [0.1, 0.15) is 6.04 Å². The van der Waals surface area contributed by atoms with Crippen LogP contribution in [0.25, 0.3) is 0 Å². The van der Waals surface area contributed by atoms with Gasteiger partial charge in [0.2, 0.25) is 5.91 Å². The van der Waals surface area contributed by atoms with Crippen molar-refractivity contribution in [2.45, 2.75) is 39.7 Å². The van der Waals surface area contributed by atoms with Crippen LogP contribution in [0.4, 0.5) is 0 Å². The lowest BCUT2D eigenvalue weighted by molar-refractivity contribution is -0.121. The molecule has 1 N–H and O–H groups in total. The van der Waals surface area contributed by atoms with Crippen LogP contribution in [0.2, 0.25) is 0 Å². The van der Waals surface area contributed by atoms with Crippen molar-refractivity contribution < 1.29 is 4.79 Å². The fourth-order valence-electron chi connectivity index (χ4n) is 1.61. The van der Waals surface area contributed by atoms with Crippen molar-refractivity contribution in [1.82, 2.24) is 5.32 Å². The Kier molecular flexibility index (Phi) is 5.38. The molecule has 1 amide bonds. The van der Waals surface area contributed by atoms with E-state index >= 15 is 0 Å². The molecule has 3 nitrogen and oxygen atoms in total. The topological polar surface area (TPSA) is 52.9 Å². The van der Waals surface area contributed by atoms with Crippen LogP contribution in [0, 0.1) is 24.2 Å². The van der Waals surface area contributed by atoms with Crippen molar-refractivity contribution in [3.8, 4) is 6.07 Å². The molecular formula is C15H20N2O. The number of nitrogens with one attached hydrogen (secondary N) is 1. The molecule has 1 unspecified atom stereocenters. The Morgan fingerprint density at radius 2 is 1.94 bits per heavy atom. The molecule has 0 heterocycles. The maximum Gasteiger partial charge on any atom is 0.221 e. The third kappa shape index (κ3) is 4.58. The first-order valence-electron chi connectivity index (χ1n) is 6.27. The van der Waals surface area contributed by atoms with Crippen LogP contribution in [0.5, 0.6) is 0 Å². The van der Waals surface area contributed by atoms with Gasteiger partial charge in [-0.15, -0.1) is 0 Å². The molecule has 1 rings (SSSR count). The summed E-state index contributed by atoms with van der Waals surface area (Å²) >= 11 is 0. The van der Waals surface area contributed by atoms with Crippen molar-refractivity contribution in [3.05, 3.63) is 35.4 Å². The molecule has 18 heavy (non-hydrogen) atoms. The lowest BCUT2D eigenvalue weighted by atomic mass is 10.0. The van der Waals surface area contributed by atoms with Crippen LogP contribution >= 0.6 is 0 Å². The minimum absolute atomic E-state index is 0.0594. The van der Waals surface area contributed by atoms with E-state index in [1.54, 1.807) is 0 Å².